The third kappa shape index (κ3) is 2.86. The summed E-state index contributed by atoms with van der Waals surface area (Å²) in [6.45, 7) is 8.86. The van der Waals surface area contributed by atoms with Gasteiger partial charge in [-0.3, -0.25) is 0 Å². The molecule has 0 aromatic heterocycles. The molecule has 1 aliphatic rings. The number of hydrogen-bond acceptors (Lipinski definition) is 2. The van der Waals surface area contributed by atoms with Gasteiger partial charge in [-0.05, 0) is 49.4 Å². The number of aryl methyl sites for hydroxylation is 1. The molecule has 0 heterocycles. The molecule has 2 heteroatoms. The fourth-order valence-corrected chi connectivity index (χ4v) is 2.33. The van der Waals surface area contributed by atoms with Crippen LogP contribution in [0.1, 0.15) is 44.7 Å². The van der Waals surface area contributed by atoms with Gasteiger partial charge in [-0.2, -0.15) is 0 Å². The van der Waals surface area contributed by atoms with Crippen LogP contribution in [-0.4, -0.2) is 19.2 Å². The summed E-state index contributed by atoms with van der Waals surface area (Å²) in [6, 6.07) is 7.21. The van der Waals surface area contributed by atoms with E-state index in [1.54, 1.807) is 0 Å². The van der Waals surface area contributed by atoms with Crippen molar-refractivity contribution in [2.45, 2.75) is 58.1 Å². The van der Waals surface area contributed by atoms with Crippen molar-refractivity contribution in [2.24, 2.45) is 0 Å². The Hall–Kier alpha value is -1.02. The zero-order valence-corrected chi connectivity index (χ0v) is 12.2. The predicted molar refractivity (Wildman–Crippen MR) is 76.4 cm³/mol. The van der Waals surface area contributed by atoms with E-state index in [4.69, 9.17) is 4.74 Å². The summed E-state index contributed by atoms with van der Waals surface area (Å²) < 4.78 is 6.04. The summed E-state index contributed by atoms with van der Waals surface area (Å²) >= 11 is 0. The molecule has 0 unspecified atom stereocenters. The Morgan fingerprint density at radius 2 is 1.89 bits per heavy atom. The highest BCUT2D eigenvalue weighted by molar-refractivity contribution is 5.39. The zero-order valence-electron chi connectivity index (χ0n) is 12.2. The molecule has 1 saturated carbocycles. The third-order valence-electron chi connectivity index (χ3n) is 3.84. The highest BCUT2D eigenvalue weighted by atomic mass is 16.5. The van der Waals surface area contributed by atoms with E-state index >= 15 is 0 Å². The van der Waals surface area contributed by atoms with Gasteiger partial charge in [0.15, 0.2) is 0 Å². The van der Waals surface area contributed by atoms with Crippen molar-refractivity contribution in [2.75, 3.05) is 7.05 Å². The first-order valence-electron chi connectivity index (χ1n) is 6.85. The molecule has 100 valence electrons. The molecule has 0 amide bonds. The van der Waals surface area contributed by atoms with Gasteiger partial charge in [0, 0.05) is 6.04 Å². The summed E-state index contributed by atoms with van der Waals surface area (Å²) in [7, 11) is 2.02. The molecule has 1 aromatic rings. The highest BCUT2D eigenvalue weighted by Crippen LogP contribution is 2.31. The van der Waals surface area contributed by atoms with Gasteiger partial charge in [0.1, 0.15) is 11.9 Å². The van der Waals surface area contributed by atoms with Crippen LogP contribution < -0.4 is 10.1 Å². The molecule has 0 saturated heterocycles. The lowest BCUT2D eigenvalue weighted by Gasteiger charge is -2.35. The maximum absolute atomic E-state index is 6.04. The first-order valence-corrected chi connectivity index (χ1v) is 6.85. The van der Waals surface area contributed by atoms with Crippen molar-refractivity contribution in [3.8, 4) is 5.75 Å². The van der Waals surface area contributed by atoms with Crippen LogP contribution in [-0.2, 0) is 5.41 Å². The topological polar surface area (TPSA) is 21.3 Å². The Morgan fingerprint density at radius 3 is 2.39 bits per heavy atom. The van der Waals surface area contributed by atoms with Crippen molar-refractivity contribution >= 4 is 0 Å². The maximum atomic E-state index is 6.04. The molecule has 0 radical (unpaired) electrons. The normalized spacial score (nSPS) is 23.6. The van der Waals surface area contributed by atoms with Crippen LogP contribution in [0.4, 0.5) is 0 Å². The second-order valence-corrected chi connectivity index (χ2v) is 6.43. The van der Waals surface area contributed by atoms with E-state index in [1.807, 2.05) is 7.05 Å². The van der Waals surface area contributed by atoms with Crippen molar-refractivity contribution in [3.63, 3.8) is 0 Å². The number of rotatable bonds is 3. The van der Waals surface area contributed by atoms with Gasteiger partial charge in [0.05, 0.1) is 0 Å². The maximum Gasteiger partial charge on any atom is 0.122 e. The molecule has 0 aliphatic heterocycles. The molecular weight excluding hydrogens is 222 g/mol. The largest absolute Gasteiger partial charge is 0.490 e. The van der Waals surface area contributed by atoms with E-state index in [0.29, 0.717) is 12.1 Å². The SMILES string of the molecule is CNC1CC(Oc2ccc(C(C)(C)C)cc2C)C1. The second-order valence-electron chi connectivity index (χ2n) is 6.43. The quantitative estimate of drug-likeness (QED) is 0.883. The van der Waals surface area contributed by atoms with Crippen molar-refractivity contribution in [1.82, 2.24) is 5.32 Å². The Morgan fingerprint density at radius 1 is 1.22 bits per heavy atom. The lowest BCUT2D eigenvalue weighted by atomic mass is 9.86. The standard InChI is InChI=1S/C16H25NO/c1-11-8-12(16(2,3)4)6-7-15(11)18-14-9-13(10-14)17-5/h6-8,13-14,17H,9-10H2,1-5H3. The molecule has 0 spiro atoms. The summed E-state index contributed by atoms with van der Waals surface area (Å²) in [4.78, 5) is 0. The molecule has 2 rings (SSSR count). The molecule has 0 atom stereocenters. The lowest BCUT2D eigenvalue weighted by Crippen LogP contribution is -2.45. The zero-order chi connectivity index (χ0) is 13.3. The van der Waals surface area contributed by atoms with Crippen LogP contribution in [0.3, 0.4) is 0 Å². The second kappa shape index (κ2) is 4.93. The summed E-state index contributed by atoms with van der Waals surface area (Å²) in [5.41, 5.74) is 2.82. The van der Waals surface area contributed by atoms with E-state index in [0.717, 1.165) is 18.6 Å². The average molecular weight is 247 g/mol. The fourth-order valence-electron chi connectivity index (χ4n) is 2.33. The van der Waals surface area contributed by atoms with E-state index in [9.17, 15) is 0 Å². The van der Waals surface area contributed by atoms with Gasteiger partial charge in [-0.25, -0.2) is 0 Å². The van der Waals surface area contributed by atoms with Crippen molar-refractivity contribution in [3.05, 3.63) is 29.3 Å². The van der Waals surface area contributed by atoms with Gasteiger partial charge in [-0.15, -0.1) is 0 Å². The Bertz CT molecular complexity index is 414. The van der Waals surface area contributed by atoms with Gasteiger partial charge in [-0.1, -0.05) is 32.9 Å². The molecule has 0 bridgehead atoms. The molecule has 1 aliphatic carbocycles. The Kier molecular flexibility index (Phi) is 3.67. The lowest BCUT2D eigenvalue weighted by molar-refractivity contribution is 0.0877. The van der Waals surface area contributed by atoms with Crippen LogP contribution >= 0.6 is 0 Å². The van der Waals surface area contributed by atoms with Gasteiger partial charge in [0.25, 0.3) is 0 Å². The van der Waals surface area contributed by atoms with Crippen molar-refractivity contribution < 1.29 is 4.74 Å². The fraction of sp³-hybridized carbons (Fsp3) is 0.625. The minimum absolute atomic E-state index is 0.205. The summed E-state index contributed by atoms with van der Waals surface area (Å²) in [6.07, 6.45) is 2.63. The van der Waals surface area contributed by atoms with Gasteiger partial charge < -0.3 is 10.1 Å². The molecular formula is C16H25NO. The molecule has 2 nitrogen and oxygen atoms in total. The van der Waals surface area contributed by atoms with E-state index < -0.39 is 0 Å². The first-order chi connectivity index (χ1) is 8.40. The molecule has 1 aromatic carbocycles. The van der Waals surface area contributed by atoms with Gasteiger partial charge >= 0.3 is 0 Å². The Balaban J connectivity index is 2.02. The predicted octanol–water partition coefficient (Wildman–Crippen LogP) is 3.42. The molecule has 1 N–H and O–H groups in total. The monoisotopic (exact) mass is 247 g/mol. The minimum Gasteiger partial charge on any atom is -0.490 e. The summed E-state index contributed by atoms with van der Waals surface area (Å²) in [5, 5.41) is 3.28. The number of hydrogen-bond donors (Lipinski definition) is 1. The number of nitrogens with one attached hydrogen (secondary N) is 1. The first kappa shape index (κ1) is 13.4. The van der Waals surface area contributed by atoms with Crippen LogP contribution in [0.15, 0.2) is 18.2 Å². The molecule has 1 fully saturated rings. The molecule has 18 heavy (non-hydrogen) atoms. The van der Waals surface area contributed by atoms with Crippen LogP contribution in [0.2, 0.25) is 0 Å². The van der Waals surface area contributed by atoms with Crippen LogP contribution in [0.25, 0.3) is 0 Å². The van der Waals surface area contributed by atoms with Crippen LogP contribution in [0, 0.1) is 6.92 Å². The van der Waals surface area contributed by atoms with E-state index in [-0.39, 0.29) is 5.41 Å². The average Bonchev–Trinajstić information content (AvgIpc) is 2.23. The van der Waals surface area contributed by atoms with E-state index in [2.05, 4.69) is 51.2 Å². The minimum atomic E-state index is 0.205. The third-order valence-corrected chi connectivity index (χ3v) is 3.84. The summed E-state index contributed by atoms with van der Waals surface area (Å²) in [5.74, 6) is 1.04. The van der Waals surface area contributed by atoms with Crippen LogP contribution in [0.5, 0.6) is 5.75 Å². The highest BCUT2D eigenvalue weighted by Gasteiger charge is 2.29. The van der Waals surface area contributed by atoms with E-state index in [1.165, 1.54) is 11.1 Å². The van der Waals surface area contributed by atoms with Crippen molar-refractivity contribution in [1.29, 1.82) is 0 Å². The number of benzene rings is 1. The number of ether oxygens (including phenoxy) is 1. The Labute approximate surface area is 111 Å². The smallest absolute Gasteiger partial charge is 0.122 e. The van der Waals surface area contributed by atoms with Gasteiger partial charge in [0.2, 0.25) is 0 Å².